The third-order valence-corrected chi connectivity index (χ3v) is 10.9. The van der Waals surface area contributed by atoms with Gasteiger partial charge in [-0.3, -0.25) is 9.59 Å². The molecule has 0 N–H and O–H groups in total. The minimum absolute atomic E-state index is 0.0736. The van der Waals surface area contributed by atoms with Crippen LogP contribution in [-0.4, -0.2) is 33.1 Å². The summed E-state index contributed by atoms with van der Waals surface area (Å²) in [5.74, 6) is -0.479. The molecule has 0 aliphatic rings. The van der Waals surface area contributed by atoms with Crippen LogP contribution in [0.25, 0.3) is 0 Å². The van der Waals surface area contributed by atoms with E-state index in [0.29, 0.717) is 38.9 Å². The van der Waals surface area contributed by atoms with E-state index < -0.39 is 0 Å². The summed E-state index contributed by atoms with van der Waals surface area (Å²) in [4.78, 5) is 23.3. The van der Waals surface area contributed by atoms with Gasteiger partial charge >= 0.3 is 133 Å². The SMILES string of the molecule is CCCCCCC[CH2][Sn][CH2]CCCCCCC.O=C(CCCCC(=O)OCc1ccccc1)OCc1ccccc1. The molecule has 2 aromatic carbocycles. The van der Waals surface area contributed by atoms with Crippen LogP contribution < -0.4 is 0 Å². The second-order valence-corrected chi connectivity index (χ2v) is 15.1. The summed E-state index contributed by atoms with van der Waals surface area (Å²) in [5, 5.41) is 0. The zero-order chi connectivity index (χ0) is 29.6. The smallest absolute Gasteiger partial charge is 0.306 e. The molecule has 0 bridgehead atoms. The first kappa shape index (κ1) is 37.2. The molecule has 4 nitrogen and oxygen atoms in total. The summed E-state index contributed by atoms with van der Waals surface area (Å²) >= 11 is 0.0736. The Kier molecular flexibility index (Phi) is 25.7. The van der Waals surface area contributed by atoms with E-state index in [-0.39, 0.29) is 33.1 Å². The molecule has 228 valence electrons. The van der Waals surface area contributed by atoms with Gasteiger partial charge in [0.1, 0.15) is 13.2 Å². The maximum absolute atomic E-state index is 11.6. The van der Waals surface area contributed by atoms with Crippen LogP contribution in [0.4, 0.5) is 0 Å². The monoisotopic (exact) mass is 672 g/mol. The van der Waals surface area contributed by atoms with Crippen LogP contribution in [0.3, 0.4) is 0 Å². The second kappa shape index (κ2) is 28.3. The minimum Gasteiger partial charge on any atom is -0.461 e. The first-order chi connectivity index (χ1) is 20.2. The molecule has 0 aliphatic heterocycles. The van der Waals surface area contributed by atoms with E-state index in [1.165, 1.54) is 64.2 Å². The van der Waals surface area contributed by atoms with E-state index in [4.69, 9.17) is 9.47 Å². The Hall–Kier alpha value is -1.82. The van der Waals surface area contributed by atoms with Crippen molar-refractivity contribution in [1.29, 1.82) is 0 Å². The minimum atomic E-state index is -0.239. The van der Waals surface area contributed by atoms with Crippen LogP contribution in [0, 0.1) is 0 Å². The van der Waals surface area contributed by atoms with Crippen LogP contribution in [0.15, 0.2) is 60.7 Å². The molecule has 0 unspecified atom stereocenters. The summed E-state index contributed by atoms with van der Waals surface area (Å²) in [5.41, 5.74) is 1.94. The van der Waals surface area contributed by atoms with Crippen LogP contribution in [-0.2, 0) is 32.3 Å². The molecule has 0 spiro atoms. The molecular formula is C36H56O4Sn. The predicted octanol–water partition coefficient (Wildman–Crippen LogP) is 10.3. The summed E-state index contributed by atoms with van der Waals surface area (Å²) in [6.07, 6.45) is 19.7. The molecule has 2 radical (unpaired) electrons. The number of carbonyl (C=O) groups excluding carboxylic acids is 2. The van der Waals surface area contributed by atoms with Gasteiger partial charge in [-0.1, -0.05) is 60.7 Å². The number of unbranched alkanes of at least 4 members (excludes halogenated alkanes) is 11. The van der Waals surface area contributed by atoms with E-state index in [2.05, 4.69) is 13.8 Å². The normalized spacial score (nSPS) is 10.5. The number of benzene rings is 2. The number of esters is 2. The molecule has 0 fully saturated rings. The van der Waals surface area contributed by atoms with Crippen molar-refractivity contribution in [3.63, 3.8) is 0 Å². The molecule has 2 rings (SSSR count). The van der Waals surface area contributed by atoms with E-state index in [1.54, 1.807) is 21.7 Å². The van der Waals surface area contributed by atoms with Crippen molar-refractivity contribution in [3.05, 3.63) is 71.8 Å². The summed E-state index contributed by atoms with van der Waals surface area (Å²) in [6, 6.07) is 19.1. The van der Waals surface area contributed by atoms with Crippen molar-refractivity contribution in [2.45, 2.75) is 139 Å². The van der Waals surface area contributed by atoms with E-state index >= 15 is 0 Å². The van der Waals surface area contributed by atoms with Gasteiger partial charge in [0.2, 0.25) is 0 Å². The number of rotatable bonds is 23. The van der Waals surface area contributed by atoms with Crippen molar-refractivity contribution in [2.24, 2.45) is 0 Å². The maximum Gasteiger partial charge on any atom is 0.306 e. The summed E-state index contributed by atoms with van der Waals surface area (Å²) in [6.45, 7) is 5.18. The Bertz CT molecular complexity index is 785. The third-order valence-electron chi connectivity index (χ3n) is 6.91. The number of hydrogen-bond acceptors (Lipinski definition) is 4. The third kappa shape index (κ3) is 24.5. The molecule has 0 heterocycles. The van der Waals surface area contributed by atoms with Crippen LogP contribution >= 0.6 is 0 Å². The predicted molar refractivity (Wildman–Crippen MR) is 173 cm³/mol. The Morgan fingerprint density at radius 3 is 1.27 bits per heavy atom. The number of carbonyl (C=O) groups is 2. The molecule has 2 aromatic rings. The van der Waals surface area contributed by atoms with Gasteiger partial charge in [0, 0.05) is 12.8 Å². The quantitative estimate of drug-likeness (QED) is 0.0671. The Morgan fingerprint density at radius 1 is 0.512 bits per heavy atom. The van der Waals surface area contributed by atoms with Gasteiger partial charge in [-0.05, 0) is 24.0 Å². The van der Waals surface area contributed by atoms with Crippen molar-refractivity contribution < 1.29 is 19.1 Å². The fourth-order valence-corrected chi connectivity index (χ4v) is 7.91. The van der Waals surface area contributed by atoms with Crippen molar-refractivity contribution in [2.75, 3.05) is 0 Å². The maximum atomic E-state index is 11.6. The fraction of sp³-hybridized carbons (Fsp3) is 0.611. The fourth-order valence-electron chi connectivity index (χ4n) is 4.34. The van der Waals surface area contributed by atoms with Crippen molar-refractivity contribution in [3.8, 4) is 0 Å². The zero-order valence-electron chi connectivity index (χ0n) is 26.0. The van der Waals surface area contributed by atoms with E-state index in [0.717, 1.165) is 11.1 Å². The first-order valence-electron chi connectivity index (χ1n) is 16.3. The Morgan fingerprint density at radius 2 is 0.878 bits per heavy atom. The molecule has 0 aliphatic carbocycles. The van der Waals surface area contributed by atoms with Gasteiger partial charge < -0.3 is 9.47 Å². The van der Waals surface area contributed by atoms with Crippen molar-refractivity contribution >= 4 is 33.1 Å². The average Bonchev–Trinajstić information content (AvgIpc) is 3.01. The molecule has 0 amide bonds. The van der Waals surface area contributed by atoms with Crippen molar-refractivity contribution in [1.82, 2.24) is 0 Å². The molecule has 0 atom stereocenters. The van der Waals surface area contributed by atoms with Gasteiger partial charge in [0.15, 0.2) is 0 Å². The standard InChI is InChI=1S/C20H22O4.2C8H17.Sn/c21-19(23-15-17-9-3-1-4-10-17)13-7-8-14-20(22)24-16-18-11-5-2-6-12-18;2*1-3-5-7-8-6-4-2;/h1-6,9-12H,7-8,13-16H2;2*1,3-8H2,2H3;. The zero-order valence-corrected chi connectivity index (χ0v) is 28.9. The van der Waals surface area contributed by atoms with Gasteiger partial charge in [-0.2, -0.15) is 0 Å². The average molecular weight is 672 g/mol. The van der Waals surface area contributed by atoms with Crippen LogP contribution in [0.2, 0.25) is 8.87 Å². The second-order valence-electron chi connectivity index (χ2n) is 10.8. The largest absolute Gasteiger partial charge is 0.461 e. The molecule has 0 aromatic heterocycles. The van der Waals surface area contributed by atoms with E-state index in [1.807, 2.05) is 60.7 Å². The Labute approximate surface area is 261 Å². The molecular weight excluding hydrogens is 615 g/mol. The van der Waals surface area contributed by atoms with Crippen LogP contribution in [0.5, 0.6) is 0 Å². The van der Waals surface area contributed by atoms with Gasteiger partial charge in [-0.25, -0.2) is 0 Å². The number of hydrogen-bond donors (Lipinski definition) is 0. The van der Waals surface area contributed by atoms with E-state index in [9.17, 15) is 9.59 Å². The molecule has 41 heavy (non-hydrogen) atoms. The van der Waals surface area contributed by atoms with Crippen LogP contribution in [0.1, 0.15) is 128 Å². The summed E-state index contributed by atoms with van der Waals surface area (Å²) < 4.78 is 13.7. The topological polar surface area (TPSA) is 52.6 Å². The molecule has 5 heteroatoms. The number of ether oxygens (including phenoxy) is 2. The van der Waals surface area contributed by atoms with Gasteiger partial charge in [0.05, 0.1) is 0 Å². The van der Waals surface area contributed by atoms with Gasteiger partial charge in [-0.15, -0.1) is 0 Å². The first-order valence-corrected chi connectivity index (χ1v) is 20.3. The van der Waals surface area contributed by atoms with Gasteiger partial charge in [0.25, 0.3) is 0 Å². The molecule has 0 saturated carbocycles. The molecule has 0 saturated heterocycles. The summed E-state index contributed by atoms with van der Waals surface area (Å²) in [7, 11) is 0. The Balaban J connectivity index is 0.000000438.